The van der Waals surface area contributed by atoms with Crippen molar-refractivity contribution in [3.05, 3.63) is 52.8 Å². The number of carbonyl (C=O) groups excluding carboxylic acids is 1. The van der Waals surface area contributed by atoms with Crippen molar-refractivity contribution in [1.82, 2.24) is 24.6 Å². The van der Waals surface area contributed by atoms with Gasteiger partial charge in [-0.05, 0) is 46.8 Å². The van der Waals surface area contributed by atoms with Gasteiger partial charge in [0.2, 0.25) is 0 Å². The highest BCUT2D eigenvalue weighted by molar-refractivity contribution is 7.52. The van der Waals surface area contributed by atoms with E-state index in [4.69, 9.17) is 18.5 Å². The Hall–Kier alpha value is -3.12. The summed E-state index contributed by atoms with van der Waals surface area (Å²) in [6.45, 7) is 7.49. The highest BCUT2D eigenvalue weighted by Crippen LogP contribution is 2.47. The topological polar surface area (TPSA) is 147 Å². The molecule has 1 aromatic carbocycles. The lowest BCUT2D eigenvalue weighted by molar-refractivity contribution is -0.149. The minimum atomic E-state index is -4.15. The number of benzene rings is 1. The number of alkyl halides is 1. The Morgan fingerprint density at radius 1 is 1.34 bits per heavy atom. The largest absolute Gasteiger partial charge is 0.462 e. The van der Waals surface area contributed by atoms with Gasteiger partial charge in [0.25, 0.3) is 5.56 Å². The Morgan fingerprint density at radius 3 is 2.74 bits per heavy atom. The third kappa shape index (κ3) is 6.29. The first-order chi connectivity index (χ1) is 17.9. The quantitative estimate of drug-likeness (QED) is 0.283. The highest BCUT2D eigenvalue weighted by Gasteiger charge is 2.48. The summed E-state index contributed by atoms with van der Waals surface area (Å²) >= 11 is 0. The van der Waals surface area contributed by atoms with E-state index in [2.05, 4.69) is 20.0 Å². The number of aromatic nitrogens is 4. The van der Waals surface area contributed by atoms with E-state index in [1.807, 2.05) is 0 Å². The number of fused-ring (bicyclic) bond motifs is 1. The second-order valence-corrected chi connectivity index (χ2v) is 11.3. The second-order valence-electron chi connectivity index (χ2n) is 9.60. The van der Waals surface area contributed by atoms with Crippen LogP contribution < -0.4 is 15.2 Å². The molecule has 1 aliphatic heterocycles. The molecule has 12 nitrogen and oxygen atoms in total. The van der Waals surface area contributed by atoms with E-state index >= 15 is 4.39 Å². The number of hydrogen-bond acceptors (Lipinski definition) is 9. The third-order valence-corrected chi connectivity index (χ3v) is 7.37. The fraction of sp³-hybridized carbons (Fsp3) is 0.500. The van der Waals surface area contributed by atoms with Crippen LogP contribution in [0.1, 0.15) is 46.2 Å². The van der Waals surface area contributed by atoms with Crippen LogP contribution in [0.25, 0.3) is 11.2 Å². The number of aromatic amines is 1. The molecule has 2 N–H and O–H groups in total. The van der Waals surface area contributed by atoms with Gasteiger partial charge >= 0.3 is 13.7 Å². The maximum Gasteiger partial charge on any atom is 0.459 e. The van der Waals surface area contributed by atoms with Crippen LogP contribution in [0.5, 0.6) is 5.75 Å². The molecule has 206 valence electrons. The van der Waals surface area contributed by atoms with Crippen molar-refractivity contribution in [3.8, 4) is 5.75 Å². The van der Waals surface area contributed by atoms with Crippen LogP contribution in [0.2, 0.25) is 0 Å². The number of aryl methyl sites for hydroxylation is 1. The van der Waals surface area contributed by atoms with Crippen LogP contribution in [-0.2, 0) is 23.4 Å². The van der Waals surface area contributed by atoms with Crippen LogP contribution in [0, 0.1) is 6.92 Å². The van der Waals surface area contributed by atoms with E-state index < -0.39 is 43.3 Å². The van der Waals surface area contributed by atoms with E-state index in [1.165, 1.54) is 24.7 Å². The molecule has 0 spiro atoms. The molecular weight excluding hydrogens is 520 g/mol. The lowest BCUT2D eigenvalue weighted by Gasteiger charge is -2.24. The molecule has 5 atom stereocenters. The molecule has 0 unspecified atom stereocenters. The van der Waals surface area contributed by atoms with Gasteiger partial charge in [-0.1, -0.05) is 18.2 Å². The van der Waals surface area contributed by atoms with Gasteiger partial charge in [0, 0.05) is 6.42 Å². The first-order valence-corrected chi connectivity index (χ1v) is 13.7. The number of para-hydroxylation sites is 1. The summed E-state index contributed by atoms with van der Waals surface area (Å²) in [6, 6.07) is 7.26. The molecule has 14 heteroatoms. The number of carbonyl (C=O) groups is 1. The van der Waals surface area contributed by atoms with E-state index in [0.29, 0.717) is 5.82 Å². The van der Waals surface area contributed by atoms with Gasteiger partial charge in [-0.3, -0.25) is 18.7 Å². The molecule has 0 aliphatic carbocycles. The van der Waals surface area contributed by atoms with E-state index in [0.717, 1.165) is 0 Å². The molecule has 4 rings (SSSR count). The van der Waals surface area contributed by atoms with Crippen molar-refractivity contribution in [2.24, 2.45) is 0 Å². The molecule has 0 bridgehead atoms. The van der Waals surface area contributed by atoms with Crippen LogP contribution in [-0.4, -0.2) is 56.0 Å². The SMILES string of the molecule is Cc1nc2c(ncn2[C@@H]2O[C@H](CO[P@](=O)(N[C@H](C)C(=O)OC(C)C)Oc3ccccc3)C[C@@]2(C)F)c(=O)[nH]1. The van der Waals surface area contributed by atoms with Crippen molar-refractivity contribution in [1.29, 1.82) is 0 Å². The molecule has 1 fully saturated rings. The van der Waals surface area contributed by atoms with Gasteiger partial charge in [0.05, 0.1) is 25.1 Å². The summed E-state index contributed by atoms with van der Waals surface area (Å²) < 4.78 is 53.1. The average Bonchev–Trinajstić information content (AvgIpc) is 3.37. The summed E-state index contributed by atoms with van der Waals surface area (Å²) in [5.74, 6) is -0.0542. The van der Waals surface area contributed by atoms with Gasteiger partial charge in [-0.25, -0.2) is 18.9 Å². The summed E-state index contributed by atoms with van der Waals surface area (Å²) in [5, 5.41) is 2.59. The summed E-state index contributed by atoms with van der Waals surface area (Å²) in [7, 11) is -4.15. The van der Waals surface area contributed by atoms with Crippen molar-refractivity contribution in [2.45, 2.75) is 71.2 Å². The van der Waals surface area contributed by atoms with Gasteiger partial charge in [0.1, 0.15) is 17.6 Å². The first-order valence-electron chi connectivity index (χ1n) is 12.1. The maximum absolute atomic E-state index is 15.7. The molecule has 1 saturated heterocycles. The van der Waals surface area contributed by atoms with Crippen molar-refractivity contribution in [3.63, 3.8) is 0 Å². The predicted molar refractivity (Wildman–Crippen MR) is 135 cm³/mol. The van der Waals surface area contributed by atoms with Crippen LogP contribution in [0.4, 0.5) is 4.39 Å². The summed E-state index contributed by atoms with van der Waals surface area (Å²) in [4.78, 5) is 35.4. The number of esters is 1. The molecule has 3 heterocycles. The summed E-state index contributed by atoms with van der Waals surface area (Å²) in [5.41, 5.74) is -2.10. The molecular formula is C24H31FN5O7P. The Kier molecular flexibility index (Phi) is 8.03. The number of nitrogens with zero attached hydrogens (tertiary/aromatic N) is 3. The summed E-state index contributed by atoms with van der Waals surface area (Å²) in [6.07, 6.45) is -1.21. The zero-order valence-corrected chi connectivity index (χ0v) is 22.6. The Bertz CT molecular complexity index is 1390. The van der Waals surface area contributed by atoms with Crippen molar-refractivity contribution < 1.29 is 32.3 Å². The smallest absolute Gasteiger partial charge is 0.459 e. The number of nitrogens with one attached hydrogen (secondary N) is 2. The minimum Gasteiger partial charge on any atom is -0.462 e. The molecule has 2 aromatic heterocycles. The third-order valence-electron chi connectivity index (χ3n) is 5.72. The fourth-order valence-corrected chi connectivity index (χ4v) is 5.62. The first kappa shape index (κ1) is 27.9. The molecule has 0 amide bonds. The van der Waals surface area contributed by atoms with Gasteiger partial charge < -0.3 is 19.0 Å². The lowest BCUT2D eigenvalue weighted by atomic mass is 10.0. The number of halogens is 1. The molecule has 38 heavy (non-hydrogen) atoms. The minimum absolute atomic E-state index is 0.0573. The molecule has 0 radical (unpaired) electrons. The molecule has 3 aromatic rings. The Balaban J connectivity index is 1.52. The number of hydrogen-bond donors (Lipinski definition) is 2. The standard InChI is InChI=1S/C24H31FN5O7P/c1-14(2)35-22(32)15(3)29-38(33,37-17-9-7-6-8-10-17)34-12-18-11-24(5,25)23(36-18)30-13-26-19-20(30)27-16(4)28-21(19)31/h6-10,13-15,18,23H,11-12H2,1-5H3,(H,29,33)(H,27,28,31)/t15-,18+,23-,24-,38-/m1/s1. The van der Waals surface area contributed by atoms with Crippen LogP contribution in [0.15, 0.2) is 41.5 Å². The lowest BCUT2D eigenvalue weighted by Crippen LogP contribution is -2.36. The number of H-pyrrole nitrogens is 1. The Morgan fingerprint density at radius 2 is 2.05 bits per heavy atom. The number of imidazole rings is 1. The Labute approximate surface area is 218 Å². The van der Waals surface area contributed by atoms with Gasteiger partial charge in [0.15, 0.2) is 23.1 Å². The maximum atomic E-state index is 15.7. The number of rotatable bonds is 10. The fourth-order valence-electron chi connectivity index (χ4n) is 4.10. The van der Waals surface area contributed by atoms with E-state index in [9.17, 15) is 14.2 Å². The normalized spacial score (nSPS) is 23.9. The van der Waals surface area contributed by atoms with Crippen LogP contribution >= 0.6 is 7.75 Å². The van der Waals surface area contributed by atoms with Crippen molar-refractivity contribution in [2.75, 3.05) is 6.61 Å². The average molecular weight is 552 g/mol. The molecule has 0 saturated carbocycles. The zero-order chi connectivity index (χ0) is 27.7. The second kappa shape index (κ2) is 10.9. The number of ether oxygens (including phenoxy) is 2. The van der Waals surface area contributed by atoms with Crippen molar-refractivity contribution >= 4 is 24.9 Å². The van der Waals surface area contributed by atoms with Crippen LogP contribution in [0.3, 0.4) is 0 Å². The van der Waals surface area contributed by atoms with Gasteiger partial charge in [-0.2, -0.15) is 5.09 Å². The predicted octanol–water partition coefficient (Wildman–Crippen LogP) is 3.58. The molecule has 1 aliphatic rings. The zero-order valence-electron chi connectivity index (χ0n) is 21.7. The monoisotopic (exact) mass is 551 g/mol. The highest BCUT2D eigenvalue weighted by atomic mass is 31.2. The van der Waals surface area contributed by atoms with E-state index in [1.54, 1.807) is 51.1 Å². The van der Waals surface area contributed by atoms with E-state index in [-0.39, 0.29) is 36.0 Å². The van der Waals surface area contributed by atoms with Gasteiger partial charge in [-0.15, -0.1) is 0 Å².